The van der Waals surface area contributed by atoms with Crippen LogP contribution >= 0.6 is 0 Å². The van der Waals surface area contributed by atoms with E-state index in [1.165, 1.54) is 47.1 Å². The Hall–Kier alpha value is -4.42. The van der Waals surface area contributed by atoms with Gasteiger partial charge in [-0.15, -0.1) is 5.10 Å². The number of anilines is 1. The van der Waals surface area contributed by atoms with Gasteiger partial charge in [0.1, 0.15) is 5.82 Å². The minimum absolute atomic E-state index is 0.0201. The summed E-state index contributed by atoms with van der Waals surface area (Å²) in [6.07, 6.45) is -10.4. The van der Waals surface area contributed by atoms with E-state index >= 15 is 0 Å². The van der Waals surface area contributed by atoms with E-state index < -0.39 is 40.8 Å². The lowest BCUT2D eigenvalue weighted by molar-refractivity contribution is -0.143. The van der Waals surface area contributed by atoms with E-state index in [9.17, 15) is 35.5 Å². The zero-order chi connectivity index (χ0) is 28.5. The molecule has 6 nitrogen and oxygen atoms in total. The fraction of sp³-hybridized carbons (Fsp3) is 0.192. The highest BCUT2D eigenvalue weighted by Crippen LogP contribution is 2.36. The average molecular weight is 552 g/mol. The first-order valence-corrected chi connectivity index (χ1v) is 11.3. The van der Waals surface area contributed by atoms with Gasteiger partial charge in [-0.1, -0.05) is 12.1 Å². The van der Waals surface area contributed by atoms with E-state index in [0.29, 0.717) is 23.4 Å². The van der Waals surface area contributed by atoms with Crippen molar-refractivity contribution < 1.29 is 40.3 Å². The smallest absolute Gasteiger partial charge is 0.416 e. The summed E-state index contributed by atoms with van der Waals surface area (Å²) in [6, 6.07) is 11.9. The van der Waals surface area contributed by atoms with Crippen molar-refractivity contribution >= 4 is 11.6 Å². The van der Waals surface area contributed by atoms with Gasteiger partial charge in [0, 0.05) is 16.8 Å². The fourth-order valence-electron chi connectivity index (χ4n) is 3.52. The minimum atomic E-state index is -5.09. The number of carbonyl (C=O) groups excluding carboxylic acids is 1. The topological polar surface area (TPSA) is 69.0 Å². The Morgan fingerprint density at radius 2 is 1.51 bits per heavy atom. The van der Waals surface area contributed by atoms with Crippen molar-refractivity contribution in [3.63, 3.8) is 0 Å². The maximum absolute atomic E-state index is 13.8. The van der Waals surface area contributed by atoms with Crippen LogP contribution in [0.5, 0.6) is 6.01 Å². The number of nitrogens with zero attached hydrogens (tertiary/aromatic N) is 3. The van der Waals surface area contributed by atoms with Crippen LogP contribution in [-0.4, -0.2) is 26.8 Å². The number of benzene rings is 3. The van der Waals surface area contributed by atoms with E-state index in [0.717, 1.165) is 0 Å². The molecule has 1 heterocycles. The summed E-state index contributed by atoms with van der Waals surface area (Å²) in [5.74, 6) is -1.44. The van der Waals surface area contributed by atoms with Gasteiger partial charge in [0.15, 0.2) is 5.82 Å². The summed E-state index contributed by atoms with van der Waals surface area (Å²) in [4.78, 5) is 16.9. The summed E-state index contributed by atoms with van der Waals surface area (Å²) in [7, 11) is 0. The monoisotopic (exact) mass is 552 g/mol. The Kier molecular flexibility index (Phi) is 7.35. The number of ether oxygens (including phenoxy) is 1. The Balaban J connectivity index is 1.64. The van der Waals surface area contributed by atoms with Gasteiger partial charge in [0.25, 0.3) is 5.91 Å². The zero-order valence-electron chi connectivity index (χ0n) is 20.2. The minimum Gasteiger partial charge on any atom is -0.460 e. The zero-order valence-corrected chi connectivity index (χ0v) is 20.2. The van der Waals surface area contributed by atoms with E-state index in [-0.39, 0.29) is 29.7 Å². The molecule has 0 unspecified atom stereocenters. The van der Waals surface area contributed by atoms with Crippen molar-refractivity contribution in [3.05, 3.63) is 89.2 Å². The lowest BCUT2D eigenvalue weighted by Crippen LogP contribution is -2.17. The van der Waals surface area contributed by atoms with Crippen molar-refractivity contribution in [3.8, 4) is 23.1 Å². The van der Waals surface area contributed by atoms with E-state index in [4.69, 9.17) is 4.74 Å². The van der Waals surface area contributed by atoms with Crippen molar-refractivity contribution in [1.29, 1.82) is 0 Å². The summed E-state index contributed by atoms with van der Waals surface area (Å²) in [6.45, 7) is 3.53. The number of amides is 1. The molecule has 3 aromatic carbocycles. The Labute approximate surface area is 217 Å². The number of carbonyl (C=O) groups is 1. The number of rotatable bonds is 6. The van der Waals surface area contributed by atoms with Crippen LogP contribution in [0.1, 0.15) is 35.3 Å². The van der Waals surface area contributed by atoms with Crippen LogP contribution in [0.4, 0.5) is 36.4 Å². The highest BCUT2D eigenvalue weighted by atomic mass is 19.4. The van der Waals surface area contributed by atoms with Gasteiger partial charge in [-0.2, -0.15) is 31.3 Å². The number of hydrogen-bond acceptors (Lipinski definition) is 4. The molecule has 0 aliphatic carbocycles. The van der Waals surface area contributed by atoms with Crippen molar-refractivity contribution in [2.24, 2.45) is 0 Å². The first-order valence-electron chi connectivity index (χ1n) is 11.3. The van der Waals surface area contributed by atoms with Crippen LogP contribution in [0.3, 0.4) is 0 Å². The standard InChI is InChI=1S/C26H19F7N4O2/c1-14(2)39-24-35-22(15-4-3-5-19(27)12-15)37(36-24)21-8-6-20(7-9-21)34-23(38)16-10-17(25(28,29)30)13-18(11-16)26(31,32)33/h3-14H,1-2H3,(H,34,38). The molecular weight excluding hydrogens is 533 g/mol. The van der Waals surface area contributed by atoms with E-state index in [1.54, 1.807) is 19.9 Å². The van der Waals surface area contributed by atoms with Gasteiger partial charge in [-0.25, -0.2) is 9.07 Å². The van der Waals surface area contributed by atoms with Crippen LogP contribution < -0.4 is 10.1 Å². The normalized spacial score (nSPS) is 12.1. The lowest BCUT2D eigenvalue weighted by atomic mass is 10.0. The molecule has 1 aromatic heterocycles. The second-order valence-corrected chi connectivity index (χ2v) is 8.60. The summed E-state index contributed by atoms with van der Waals surface area (Å²) in [5.41, 5.74) is -3.15. The summed E-state index contributed by atoms with van der Waals surface area (Å²) in [5, 5.41) is 6.58. The molecule has 1 N–H and O–H groups in total. The fourth-order valence-corrected chi connectivity index (χ4v) is 3.52. The van der Waals surface area contributed by atoms with Gasteiger partial charge < -0.3 is 10.1 Å². The SMILES string of the molecule is CC(C)Oc1nc(-c2cccc(F)c2)n(-c2ccc(NC(=O)c3cc(C(F)(F)F)cc(C(F)(F)F)c3)cc2)n1. The van der Waals surface area contributed by atoms with Crippen LogP contribution in [-0.2, 0) is 12.4 Å². The molecule has 4 aromatic rings. The third kappa shape index (κ3) is 6.54. The molecule has 0 radical (unpaired) electrons. The number of halogens is 7. The number of hydrogen-bond donors (Lipinski definition) is 1. The average Bonchev–Trinajstić information content (AvgIpc) is 3.26. The molecule has 0 saturated heterocycles. The molecular formula is C26H19F7N4O2. The van der Waals surface area contributed by atoms with Crippen molar-refractivity contribution in [2.75, 3.05) is 5.32 Å². The third-order valence-electron chi connectivity index (χ3n) is 5.23. The van der Waals surface area contributed by atoms with E-state index in [1.807, 2.05) is 0 Å². The number of aromatic nitrogens is 3. The van der Waals surface area contributed by atoms with Crippen LogP contribution in [0, 0.1) is 5.82 Å². The number of alkyl halides is 6. The molecule has 4 rings (SSSR count). The molecule has 1 amide bonds. The number of nitrogens with one attached hydrogen (secondary N) is 1. The summed E-state index contributed by atoms with van der Waals surface area (Å²) >= 11 is 0. The first kappa shape index (κ1) is 27.6. The molecule has 0 saturated carbocycles. The quantitative estimate of drug-likeness (QED) is 0.258. The molecule has 0 spiro atoms. The Morgan fingerprint density at radius 3 is 2.05 bits per heavy atom. The first-order chi connectivity index (χ1) is 18.2. The third-order valence-corrected chi connectivity index (χ3v) is 5.23. The van der Waals surface area contributed by atoms with Gasteiger partial charge >= 0.3 is 18.4 Å². The van der Waals surface area contributed by atoms with Gasteiger partial charge in [0.05, 0.1) is 22.9 Å². The predicted molar refractivity (Wildman–Crippen MR) is 127 cm³/mol. The Morgan fingerprint density at radius 1 is 0.897 bits per heavy atom. The predicted octanol–water partition coefficient (Wildman–Crippen LogP) is 7.15. The van der Waals surface area contributed by atoms with Gasteiger partial charge in [-0.05, 0) is 68.4 Å². The molecule has 204 valence electrons. The molecule has 0 fully saturated rings. The lowest BCUT2D eigenvalue weighted by Gasteiger charge is -2.14. The summed E-state index contributed by atoms with van der Waals surface area (Å²) < 4.78 is 99.6. The van der Waals surface area contributed by atoms with Crippen LogP contribution in [0.2, 0.25) is 0 Å². The molecule has 0 aliphatic heterocycles. The molecule has 39 heavy (non-hydrogen) atoms. The maximum atomic E-state index is 13.8. The van der Waals surface area contributed by atoms with E-state index in [2.05, 4.69) is 15.4 Å². The molecule has 13 heteroatoms. The van der Waals surface area contributed by atoms with Gasteiger partial charge in [-0.3, -0.25) is 4.79 Å². The highest BCUT2D eigenvalue weighted by Gasteiger charge is 2.37. The highest BCUT2D eigenvalue weighted by molar-refractivity contribution is 6.04. The molecule has 0 aliphatic rings. The van der Waals surface area contributed by atoms with Gasteiger partial charge in [0.2, 0.25) is 0 Å². The second kappa shape index (κ2) is 10.4. The maximum Gasteiger partial charge on any atom is 0.416 e. The molecule has 0 bridgehead atoms. The van der Waals surface area contributed by atoms with Crippen LogP contribution in [0.25, 0.3) is 17.1 Å². The Bertz CT molecular complexity index is 1460. The van der Waals surface area contributed by atoms with Crippen molar-refractivity contribution in [1.82, 2.24) is 14.8 Å². The van der Waals surface area contributed by atoms with Crippen LogP contribution in [0.15, 0.2) is 66.7 Å². The van der Waals surface area contributed by atoms with Crippen molar-refractivity contribution in [2.45, 2.75) is 32.3 Å². The largest absolute Gasteiger partial charge is 0.460 e. The second-order valence-electron chi connectivity index (χ2n) is 8.60. The molecule has 0 atom stereocenters.